The molecule has 0 saturated heterocycles. The fraction of sp³-hybridized carbons (Fsp3) is 0.727. The third kappa shape index (κ3) is 2.11. The molecule has 1 fully saturated rings. The van der Waals surface area contributed by atoms with Crippen LogP contribution in [0.5, 0.6) is 0 Å². The molecule has 6 heteroatoms. The quantitative estimate of drug-likeness (QED) is 0.821. The van der Waals surface area contributed by atoms with Crippen LogP contribution in [0, 0.1) is 5.92 Å². The third-order valence-corrected chi connectivity index (χ3v) is 3.25. The van der Waals surface area contributed by atoms with Crippen molar-refractivity contribution in [1.82, 2.24) is 14.9 Å². The molecule has 6 nitrogen and oxygen atoms in total. The second-order valence-electron chi connectivity index (χ2n) is 4.77. The molecule has 0 amide bonds. The summed E-state index contributed by atoms with van der Waals surface area (Å²) >= 11 is 0. The van der Waals surface area contributed by atoms with Crippen molar-refractivity contribution >= 4 is 5.95 Å². The summed E-state index contributed by atoms with van der Waals surface area (Å²) < 4.78 is 1.45. The molecule has 17 heavy (non-hydrogen) atoms. The normalized spacial score (nSPS) is 16.7. The summed E-state index contributed by atoms with van der Waals surface area (Å²) in [5.41, 5.74) is 3.33. The predicted octanol–water partition coefficient (Wildman–Crippen LogP) is 0.391. The van der Waals surface area contributed by atoms with E-state index in [1.54, 1.807) is 11.9 Å². The monoisotopic (exact) mass is 237 g/mol. The lowest BCUT2D eigenvalue weighted by molar-refractivity contribution is 0.600. The molecular formula is C11H19N5O. The zero-order chi connectivity index (χ0) is 12.6. The Morgan fingerprint density at radius 1 is 1.41 bits per heavy atom. The standard InChI is InChI=1S/C11H19N5O/c1-7(8-5-6-8)9-10(17)16(12-2)11(14-13-9)15(3)4/h7-8,12H,5-6H2,1-4H3. The van der Waals surface area contributed by atoms with E-state index in [0.29, 0.717) is 17.6 Å². The highest BCUT2D eigenvalue weighted by Gasteiger charge is 2.32. The molecule has 0 radical (unpaired) electrons. The van der Waals surface area contributed by atoms with Crippen LogP contribution >= 0.6 is 0 Å². The first-order valence-electron chi connectivity index (χ1n) is 5.91. The van der Waals surface area contributed by atoms with Crippen molar-refractivity contribution in [2.75, 3.05) is 31.5 Å². The van der Waals surface area contributed by atoms with E-state index in [2.05, 4.69) is 22.5 Å². The Morgan fingerprint density at radius 2 is 2.06 bits per heavy atom. The Bertz CT molecular complexity index is 463. The summed E-state index contributed by atoms with van der Waals surface area (Å²) in [4.78, 5) is 14.0. The fourth-order valence-corrected chi connectivity index (χ4v) is 1.99. The van der Waals surface area contributed by atoms with Crippen LogP contribution in [0.1, 0.15) is 31.4 Å². The van der Waals surface area contributed by atoms with Gasteiger partial charge >= 0.3 is 0 Å². The van der Waals surface area contributed by atoms with E-state index in [1.807, 2.05) is 14.1 Å². The van der Waals surface area contributed by atoms with Crippen molar-refractivity contribution in [3.63, 3.8) is 0 Å². The zero-order valence-corrected chi connectivity index (χ0v) is 10.8. The summed E-state index contributed by atoms with van der Waals surface area (Å²) in [5.74, 6) is 1.32. The number of nitrogens with one attached hydrogen (secondary N) is 1. The Morgan fingerprint density at radius 3 is 2.53 bits per heavy atom. The summed E-state index contributed by atoms with van der Waals surface area (Å²) in [6, 6.07) is 0. The minimum absolute atomic E-state index is 0.0920. The van der Waals surface area contributed by atoms with E-state index in [0.717, 1.165) is 0 Å². The van der Waals surface area contributed by atoms with Crippen molar-refractivity contribution in [2.24, 2.45) is 5.92 Å². The molecule has 94 valence electrons. The highest BCUT2D eigenvalue weighted by molar-refractivity contribution is 5.28. The molecule has 1 aliphatic carbocycles. The number of nitrogens with zero attached hydrogens (tertiary/aromatic N) is 4. The van der Waals surface area contributed by atoms with E-state index >= 15 is 0 Å². The number of rotatable bonds is 4. The third-order valence-electron chi connectivity index (χ3n) is 3.25. The van der Waals surface area contributed by atoms with Crippen LogP contribution in [0.4, 0.5) is 5.95 Å². The molecule has 1 heterocycles. The molecule has 0 aromatic carbocycles. The molecular weight excluding hydrogens is 218 g/mol. The molecule has 1 atom stereocenters. The molecule has 1 aromatic heterocycles. The molecule has 2 rings (SSSR count). The van der Waals surface area contributed by atoms with Crippen LogP contribution in [-0.4, -0.2) is 36.0 Å². The minimum atomic E-state index is -0.0920. The maximum atomic E-state index is 12.3. The van der Waals surface area contributed by atoms with Gasteiger partial charge in [-0.2, -0.15) is 4.68 Å². The molecule has 0 bridgehead atoms. The number of hydrogen-bond donors (Lipinski definition) is 1. The van der Waals surface area contributed by atoms with E-state index < -0.39 is 0 Å². The van der Waals surface area contributed by atoms with Crippen LogP contribution in [0.3, 0.4) is 0 Å². The van der Waals surface area contributed by atoms with E-state index in [4.69, 9.17) is 0 Å². The smallest absolute Gasteiger partial charge is 0.295 e. The maximum absolute atomic E-state index is 12.3. The highest BCUT2D eigenvalue weighted by atomic mass is 16.1. The lowest BCUT2D eigenvalue weighted by Crippen LogP contribution is -2.36. The average Bonchev–Trinajstić information content (AvgIpc) is 3.11. The Hall–Kier alpha value is -1.59. The molecule has 1 N–H and O–H groups in total. The van der Waals surface area contributed by atoms with Gasteiger partial charge in [-0.15, -0.1) is 10.2 Å². The Labute approximate surface area is 101 Å². The fourth-order valence-electron chi connectivity index (χ4n) is 1.99. The van der Waals surface area contributed by atoms with E-state index in [-0.39, 0.29) is 11.5 Å². The van der Waals surface area contributed by atoms with Crippen LogP contribution < -0.4 is 15.9 Å². The van der Waals surface area contributed by atoms with Gasteiger partial charge in [0.25, 0.3) is 5.56 Å². The van der Waals surface area contributed by atoms with Gasteiger partial charge in [-0.25, -0.2) is 0 Å². The second-order valence-corrected chi connectivity index (χ2v) is 4.77. The van der Waals surface area contributed by atoms with Gasteiger partial charge in [-0.3, -0.25) is 4.79 Å². The van der Waals surface area contributed by atoms with Gasteiger partial charge in [-0.1, -0.05) is 6.92 Å². The summed E-state index contributed by atoms with van der Waals surface area (Å²) in [6.45, 7) is 2.05. The predicted molar refractivity (Wildman–Crippen MR) is 67.0 cm³/mol. The van der Waals surface area contributed by atoms with Crippen LogP contribution in [0.15, 0.2) is 4.79 Å². The first-order chi connectivity index (χ1) is 8.06. The molecule has 1 aliphatic rings. The zero-order valence-electron chi connectivity index (χ0n) is 10.8. The van der Waals surface area contributed by atoms with Gasteiger partial charge in [0.2, 0.25) is 5.95 Å². The van der Waals surface area contributed by atoms with Gasteiger partial charge in [0.1, 0.15) is 5.69 Å². The van der Waals surface area contributed by atoms with Gasteiger partial charge in [0.15, 0.2) is 0 Å². The lowest BCUT2D eigenvalue weighted by atomic mass is 10.0. The van der Waals surface area contributed by atoms with E-state index in [9.17, 15) is 4.79 Å². The average molecular weight is 237 g/mol. The summed E-state index contributed by atoms with van der Waals surface area (Å²) in [7, 11) is 5.38. The Balaban J connectivity index is 2.46. The van der Waals surface area contributed by atoms with Crippen LogP contribution in [-0.2, 0) is 0 Å². The van der Waals surface area contributed by atoms with Crippen molar-refractivity contribution in [3.8, 4) is 0 Å². The topological polar surface area (TPSA) is 63.1 Å². The van der Waals surface area contributed by atoms with Crippen molar-refractivity contribution in [3.05, 3.63) is 16.0 Å². The molecule has 0 aliphatic heterocycles. The van der Waals surface area contributed by atoms with Gasteiger partial charge in [0.05, 0.1) is 0 Å². The minimum Gasteiger partial charge on any atom is -0.346 e. The molecule has 1 unspecified atom stereocenters. The lowest BCUT2D eigenvalue weighted by Gasteiger charge is -2.18. The molecule has 1 aromatic rings. The van der Waals surface area contributed by atoms with Crippen molar-refractivity contribution < 1.29 is 0 Å². The second kappa shape index (κ2) is 4.35. The first-order valence-corrected chi connectivity index (χ1v) is 5.91. The molecule has 0 spiro atoms. The Kier molecular flexibility index (Phi) is 3.04. The van der Waals surface area contributed by atoms with Gasteiger partial charge in [-0.05, 0) is 18.8 Å². The van der Waals surface area contributed by atoms with Crippen LogP contribution in [0.25, 0.3) is 0 Å². The van der Waals surface area contributed by atoms with E-state index in [1.165, 1.54) is 17.5 Å². The number of hydrogen-bond acceptors (Lipinski definition) is 5. The maximum Gasteiger partial charge on any atom is 0.295 e. The van der Waals surface area contributed by atoms with Crippen molar-refractivity contribution in [2.45, 2.75) is 25.7 Å². The largest absolute Gasteiger partial charge is 0.346 e. The summed E-state index contributed by atoms with van der Waals surface area (Å²) in [5, 5.41) is 8.22. The molecule has 1 saturated carbocycles. The van der Waals surface area contributed by atoms with Crippen LogP contribution in [0.2, 0.25) is 0 Å². The number of anilines is 1. The highest BCUT2D eigenvalue weighted by Crippen LogP contribution is 2.40. The number of aromatic nitrogens is 3. The van der Waals surface area contributed by atoms with Crippen molar-refractivity contribution in [1.29, 1.82) is 0 Å². The van der Waals surface area contributed by atoms with Gasteiger partial charge in [0, 0.05) is 27.1 Å². The SMILES string of the molecule is CNn1c(N(C)C)nnc(C(C)C2CC2)c1=O. The summed E-state index contributed by atoms with van der Waals surface area (Å²) in [6.07, 6.45) is 2.38. The van der Waals surface area contributed by atoms with Gasteiger partial charge < -0.3 is 10.3 Å². The first kappa shape index (κ1) is 11.9.